The average molecular weight is 268 g/mol. The number of rotatable bonds is 4. The van der Waals surface area contributed by atoms with Gasteiger partial charge in [0.25, 0.3) is 6.01 Å². The van der Waals surface area contributed by atoms with Gasteiger partial charge < -0.3 is 14.8 Å². The fourth-order valence-electron chi connectivity index (χ4n) is 1.91. The fourth-order valence-corrected chi connectivity index (χ4v) is 1.91. The molecule has 1 heterocycles. The van der Waals surface area contributed by atoms with Gasteiger partial charge in [0.2, 0.25) is 0 Å². The summed E-state index contributed by atoms with van der Waals surface area (Å²) in [6.45, 7) is 0.597. The van der Waals surface area contributed by atoms with Crippen molar-refractivity contribution in [2.75, 3.05) is 5.32 Å². The summed E-state index contributed by atoms with van der Waals surface area (Å²) in [5.74, 6) is -0.984. The highest BCUT2D eigenvalue weighted by Crippen LogP contribution is 2.20. The van der Waals surface area contributed by atoms with Crippen molar-refractivity contribution in [3.05, 3.63) is 59.7 Å². The van der Waals surface area contributed by atoms with Crippen LogP contribution >= 0.6 is 0 Å². The molecule has 100 valence electrons. The van der Waals surface area contributed by atoms with Crippen molar-refractivity contribution in [3.8, 4) is 0 Å². The molecule has 2 aromatic carbocycles. The van der Waals surface area contributed by atoms with Crippen LogP contribution in [-0.4, -0.2) is 16.1 Å². The lowest BCUT2D eigenvalue weighted by Crippen LogP contribution is -1.98. The van der Waals surface area contributed by atoms with E-state index in [-0.39, 0.29) is 5.56 Å². The van der Waals surface area contributed by atoms with Gasteiger partial charge >= 0.3 is 5.97 Å². The first-order chi connectivity index (χ1) is 9.72. The maximum atomic E-state index is 10.9. The Balaban J connectivity index is 1.80. The van der Waals surface area contributed by atoms with Crippen LogP contribution in [0.15, 0.2) is 52.9 Å². The van der Waals surface area contributed by atoms with Crippen LogP contribution in [0.25, 0.3) is 11.1 Å². The van der Waals surface area contributed by atoms with Gasteiger partial charge in [-0.25, -0.2) is 4.79 Å². The topological polar surface area (TPSA) is 75.4 Å². The summed E-state index contributed by atoms with van der Waals surface area (Å²) in [5.41, 5.74) is 2.38. The van der Waals surface area contributed by atoms with Crippen LogP contribution < -0.4 is 5.32 Å². The van der Waals surface area contributed by atoms with Crippen LogP contribution in [0.5, 0.6) is 0 Å². The zero-order chi connectivity index (χ0) is 13.9. The first-order valence-corrected chi connectivity index (χ1v) is 6.14. The van der Waals surface area contributed by atoms with E-state index >= 15 is 0 Å². The Hall–Kier alpha value is -2.82. The minimum absolute atomic E-state index is 0.184. The number of carboxylic acids is 1. The number of benzene rings is 2. The van der Waals surface area contributed by atoms with Crippen molar-refractivity contribution in [2.24, 2.45) is 0 Å². The summed E-state index contributed by atoms with van der Waals surface area (Å²) >= 11 is 0. The summed E-state index contributed by atoms with van der Waals surface area (Å²) in [5, 5.41) is 12.0. The summed E-state index contributed by atoms with van der Waals surface area (Å²) in [6.07, 6.45) is 0. The van der Waals surface area contributed by atoms with Crippen LogP contribution in [0, 0.1) is 0 Å². The second-order valence-corrected chi connectivity index (χ2v) is 4.35. The molecular formula is C15H12N2O3. The summed E-state index contributed by atoms with van der Waals surface area (Å²) in [4.78, 5) is 15.1. The maximum Gasteiger partial charge on any atom is 0.335 e. The standard InChI is InChI=1S/C15H12N2O3/c18-14(19)11-6-7-12-13(8-11)20-15(17-12)16-9-10-4-2-1-3-5-10/h1-8H,9H2,(H,16,17)(H,18,19). The lowest BCUT2D eigenvalue weighted by Gasteiger charge is -2.00. The van der Waals surface area contributed by atoms with E-state index in [4.69, 9.17) is 9.52 Å². The molecule has 0 aliphatic rings. The second kappa shape index (κ2) is 5.05. The van der Waals surface area contributed by atoms with E-state index in [0.29, 0.717) is 23.7 Å². The van der Waals surface area contributed by atoms with E-state index in [1.54, 1.807) is 6.07 Å². The highest BCUT2D eigenvalue weighted by molar-refractivity contribution is 5.92. The van der Waals surface area contributed by atoms with Crippen LogP contribution in [0.4, 0.5) is 6.01 Å². The van der Waals surface area contributed by atoms with Gasteiger partial charge in [-0.05, 0) is 23.8 Å². The maximum absolute atomic E-state index is 10.9. The normalized spacial score (nSPS) is 10.6. The Labute approximate surface area is 114 Å². The number of carboxylic acid groups (broad SMARTS) is 1. The molecular weight excluding hydrogens is 256 g/mol. The Morgan fingerprint density at radius 2 is 2.00 bits per heavy atom. The molecule has 3 aromatic rings. The van der Waals surface area contributed by atoms with Crippen LogP contribution in [-0.2, 0) is 6.54 Å². The monoisotopic (exact) mass is 268 g/mol. The number of hydrogen-bond acceptors (Lipinski definition) is 4. The molecule has 0 radical (unpaired) electrons. The molecule has 5 heteroatoms. The smallest absolute Gasteiger partial charge is 0.335 e. The summed E-state index contributed by atoms with van der Waals surface area (Å²) < 4.78 is 5.50. The first kappa shape index (κ1) is 12.2. The van der Waals surface area contributed by atoms with Crippen molar-refractivity contribution >= 4 is 23.1 Å². The molecule has 0 aliphatic heterocycles. The Kier molecular flexibility index (Phi) is 3.09. The number of aromatic carboxylic acids is 1. The van der Waals surface area contributed by atoms with Crippen molar-refractivity contribution in [2.45, 2.75) is 6.54 Å². The van der Waals surface area contributed by atoms with E-state index in [0.717, 1.165) is 5.56 Å². The molecule has 0 saturated carbocycles. The molecule has 2 N–H and O–H groups in total. The number of carbonyl (C=O) groups is 1. The Morgan fingerprint density at radius 3 is 2.75 bits per heavy atom. The Bertz CT molecular complexity index is 750. The summed E-state index contributed by atoms with van der Waals surface area (Å²) in [7, 11) is 0. The van der Waals surface area contributed by atoms with Crippen molar-refractivity contribution in [3.63, 3.8) is 0 Å². The molecule has 0 spiro atoms. The van der Waals surface area contributed by atoms with Gasteiger partial charge in [-0.1, -0.05) is 30.3 Å². The second-order valence-electron chi connectivity index (χ2n) is 4.35. The zero-order valence-electron chi connectivity index (χ0n) is 10.5. The van der Waals surface area contributed by atoms with Gasteiger partial charge in [-0.3, -0.25) is 0 Å². The van der Waals surface area contributed by atoms with Gasteiger partial charge in [0.1, 0.15) is 5.52 Å². The molecule has 3 rings (SSSR count). The van der Waals surface area contributed by atoms with Crippen LogP contribution in [0.2, 0.25) is 0 Å². The number of anilines is 1. The quantitative estimate of drug-likeness (QED) is 0.760. The number of nitrogens with zero attached hydrogens (tertiary/aromatic N) is 1. The number of fused-ring (bicyclic) bond motifs is 1. The minimum atomic E-state index is -0.984. The number of hydrogen-bond donors (Lipinski definition) is 2. The van der Waals surface area contributed by atoms with Crippen molar-refractivity contribution in [1.82, 2.24) is 4.98 Å². The largest absolute Gasteiger partial charge is 0.478 e. The SMILES string of the molecule is O=C(O)c1ccc2nc(NCc3ccccc3)oc2c1. The molecule has 0 unspecified atom stereocenters. The molecule has 0 aliphatic carbocycles. The van der Waals surface area contributed by atoms with Crippen molar-refractivity contribution in [1.29, 1.82) is 0 Å². The lowest BCUT2D eigenvalue weighted by molar-refractivity contribution is 0.0697. The number of aromatic nitrogens is 1. The summed E-state index contributed by atoms with van der Waals surface area (Å²) in [6, 6.07) is 14.9. The van der Waals surface area contributed by atoms with E-state index in [1.165, 1.54) is 12.1 Å². The van der Waals surface area contributed by atoms with E-state index < -0.39 is 5.97 Å². The van der Waals surface area contributed by atoms with E-state index in [1.807, 2.05) is 30.3 Å². The fraction of sp³-hybridized carbons (Fsp3) is 0.0667. The lowest BCUT2D eigenvalue weighted by atomic mass is 10.2. The molecule has 0 amide bonds. The molecule has 5 nitrogen and oxygen atoms in total. The zero-order valence-corrected chi connectivity index (χ0v) is 10.5. The first-order valence-electron chi connectivity index (χ1n) is 6.14. The highest BCUT2D eigenvalue weighted by atomic mass is 16.4. The molecule has 20 heavy (non-hydrogen) atoms. The highest BCUT2D eigenvalue weighted by Gasteiger charge is 2.09. The third-order valence-corrected chi connectivity index (χ3v) is 2.92. The van der Waals surface area contributed by atoms with E-state index in [2.05, 4.69) is 10.3 Å². The third-order valence-electron chi connectivity index (χ3n) is 2.92. The van der Waals surface area contributed by atoms with Gasteiger partial charge in [0, 0.05) is 6.54 Å². The van der Waals surface area contributed by atoms with E-state index in [9.17, 15) is 4.79 Å². The Morgan fingerprint density at radius 1 is 1.20 bits per heavy atom. The number of oxazole rings is 1. The molecule has 1 aromatic heterocycles. The van der Waals surface area contributed by atoms with Gasteiger partial charge in [-0.15, -0.1) is 0 Å². The third kappa shape index (κ3) is 2.47. The molecule has 0 fully saturated rings. The number of nitrogens with one attached hydrogen (secondary N) is 1. The minimum Gasteiger partial charge on any atom is -0.478 e. The molecule has 0 saturated heterocycles. The van der Waals surface area contributed by atoms with Crippen molar-refractivity contribution < 1.29 is 14.3 Å². The predicted octanol–water partition coefficient (Wildman–Crippen LogP) is 3.14. The predicted molar refractivity (Wildman–Crippen MR) is 74.7 cm³/mol. The van der Waals surface area contributed by atoms with Gasteiger partial charge in [0.15, 0.2) is 5.58 Å². The van der Waals surface area contributed by atoms with Gasteiger partial charge in [0.05, 0.1) is 5.56 Å². The van der Waals surface area contributed by atoms with Crippen LogP contribution in [0.3, 0.4) is 0 Å². The average Bonchev–Trinajstić information content (AvgIpc) is 2.88. The van der Waals surface area contributed by atoms with Gasteiger partial charge in [-0.2, -0.15) is 4.98 Å². The molecule has 0 atom stereocenters. The van der Waals surface area contributed by atoms with Crippen LogP contribution in [0.1, 0.15) is 15.9 Å². The molecule has 0 bridgehead atoms.